The predicted molar refractivity (Wildman–Crippen MR) is 146 cm³/mol. The van der Waals surface area contributed by atoms with Crippen LogP contribution >= 0.6 is 23.2 Å². The molecule has 0 aliphatic heterocycles. The predicted octanol–water partition coefficient (Wildman–Crippen LogP) is 7.09. The molecule has 0 saturated carbocycles. The maximum atomic E-state index is 13.4. The molecule has 0 unspecified atom stereocenters. The lowest BCUT2D eigenvalue weighted by Crippen LogP contribution is -2.21. The fourth-order valence-electron chi connectivity index (χ4n) is 4.16. The highest BCUT2D eigenvalue weighted by molar-refractivity contribution is 6.39. The SMILES string of the molecule is COc1ccc(N(c2cccc(C)c2)c2ncc3cc(-c4c(Cl)cccc4Cl)c(=O)n(C)c3n2)cc1. The molecule has 2 aromatic heterocycles. The molecule has 0 aliphatic rings. The van der Waals surface area contributed by atoms with E-state index in [1.165, 1.54) is 4.57 Å². The number of fused-ring (bicyclic) bond motifs is 1. The molecule has 0 amide bonds. The molecule has 3 aromatic carbocycles. The second-order valence-electron chi connectivity index (χ2n) is 8.34. The molecule has 0 radical (unpaired) electrons. The van der Waals surface area contributed by atoms with E-state index in [4.69, 9.17) is 32.9 Å². The number of benzene rings is 3. The Morgan fingerprint density at radius 2 is 1.61 bits per heavy atom. The van der Waals surface area contributed by atoms with Gasteiger partial charge >= 0.3 is 0 Å². The first-order chi connectivity index (χ1) is 17.4. The summed E-state index contributed by atoms with van der Waals surface area (Å²) in [5, 5.41) is 1.49. The van der Waals surface area contributed by atoms with E-state index in [2.05, 4.69) is 11.1 Å². The van der Waals surface area contributed by atoms with Crippen LogP contribution in [0.1, 0.15) is 5.56 Å². The molecule has 5 rings (SSSR count). The van der Waals surface area contributed by atoms with Gasteiger partial charge in [0.2, 0.25) is 5.95 Å². The topological polar surface area (TPSA) is 60.2 Å². The number of halogens is 2. The van der Waals surface area contributed by atoms with Gasteiger partial charge in [-0.25, -0.2) is 4.98 Å². The summed E-state index contributed by atoms with van der Waals surface area (Å²) in [5.74, 6) is 1.17. The number of nitrogens with zero attached hydrogens (tertiary/aromatic N) is 4. The molecule has 0 spiro atoms. The van der Waals surface area contributed by atoms with E-state index in [1.807, 2.05) is 54.3 Å². The average molecular weight is 517 g/mol. The van der Waals surface area contributed by atoms with Crippen molar-refractivity contribution in [1.82, 2.24) is 14.5 Å². The minimum absolute atomic E-state index is 0.256. The minimum Gasteiger partial charge on any atom is -0.497 e. The van der Waals surface area contributed by atoms with Gasteiger partial charge in [-0.2, -0.15) is 4.98 Å². The van der Waals surface area contributed by atoms with Crippen molar-refractivity contribution < 1.29 is 4.74 Å². The lowest BCUT2D eigenvalue weighted by Gasteiger charge is -2.24. The van der Waals surface area contributed by atoms with E-state index in [1.54, 1.807) is 44.6 Å². The van der Waals surface area contributed by atoms with Crippen molar-refractivity contribution in [3.63, 3.8) is 0 Å². The molecule has 180 valence electrons. The Morgan fingerprint density at radius 3 is 2.28 bits per heavy atom. The molecule has 0 N–H and O–H groups in total. The number of anilines is 3. The largest absolute Gasteiger partial charge is 0.497 e. The Hall–Kier alpha value is -3.87. The summed E-state index contributed by atoms with van der Waals surface area (Å²) in [5.41, 5.74) is 3.96. The summed E-state index contributed by atoms with van der Waals surface area (Å²) in [6, 6.07) is 22.6. The third kappa shape index (κ3) is 4.30. The third-order valence-corrected chi connectivity index (χ3v) is 6.59. The maximum Gasteiger partial charge on any atom is 0.259 e. The number of aromatic nitrogens is 3. The van der Waals surface area contributed by atoms with Gasteiger partial charge in [0.1, 0.15) is 11.4 Å². The zero-order chi connectivity index (χ0) is 25.4. The number of ether oxygens (including phenoxy) is 1. The number of rotatable bonds is 5. The highest BCUT2D eigenvalue weighted by Gasteiger charge is 2.19. The van der Waals surface area contributed by atoms with Crippen LogP contribution in [-0.4, -0.2) is 21.6 Å². The van der Waals surface area contributed by atoms with Crippen LogP contribution in [0.3, 0.4) is 0 Å². The van der Waals surface area contributed by atoms with E-state index >= 15 is 0 Å². The van der Waals surface area contributed by atoms with Gasteiger partial charge in [-0.3, -0.25) is 14.3 Å². The molecule has 8 heteroatoms. The Labute approximate surface area is 218 Å². The number of methoxy groups -OCH3 is 1. The second-order valence-corrected chi connectivity index (χ2v) is 9.15. The Kier molecular flexibility index (Phi) is 6.39. The van der Waals surface area contributed by atoms with E-state index in [9.17, 15) is 4.79 Å². The molecule has 0 fully saturated rings. The molecule has 0 bridgehead atoms. The van der Waals surface area contributed by atoms with Crippen molar-refractivity contribution in [1.29, 1.82) is 0 Å². The zero-order valence-corrected chi connectivity index (χ0v) is 21.4. The number of hydrogen-bond acceptors (Lipinski definition) is 5. The van der Waals surface area contributed by atoms with Gasteiger partial charge < -0.3 is 4.74 Å². The third-order valence-electron chi connectivity index (χ3n) is 5.96. The van der Waals surface area contributed by atoms with Crippen molar-refractivity contribution in [3.8, 4) is 16.9 Å². The Balaban J connectivity index is 1.70. The summed E-state index contributed by atoms with van der Waals surface area (Å²) in [6.07, 6.45) is 1.71. The Morgan fingerprint density at radius 1 is 0.917 bits per heavy atom. The first-order valence-electron chi connectivity index (χ1n) is 11.2. The van der Waals surface area contributed by atoms with Gasteiger partial charge in [0.15, 0.2) is 0 Å². The minimum atomic E-state index is -0.256. The van der Waals surface area contributed by atoms with Crippen LogP contribution in [0.15, 0.2) is 83.8 Å². The van der Waals surface area contributed by atoms with Crippen LogP contribution in [0.25, 0.3) is 22.2 Å². The van der Waals surface area contributed by atoms with Crippen molar-refractivity contribution in [2.24, 2.45) is 7.05 Å². The zero-order valence-electron chi connectivity index (χ0n) is 19.9. The number of pyridine rings is 1. The van der Waals surface area contributed by atoms with Crippen LogP contribution in [-0.2, 0) is 7.05 Å². The molecule has 6 nitrogen and oxygen atoms in total. The van der Waals surface area contributed by atoms with E-state index in [0.29, 0.717) is 38.2 Å². The van der Waals surface area contributed by atoms with E-state index < -0.39 is 0 Å². The fraction of sp³-hybridized carbons (Fsp3) is 0.107. The summed E-state index contributed by atoms with van der Waals surface area (Å²) < 4.78 is 6.82. The van der Waals surface area contributed by atoms with Crippen molar-refractivity contribution in [2.75, 3.05) is 12.0 Å². The van der Waals surface area contributed by atoms with Gasteiger partial charge in [-0.15, -0.1) is 0 Å². The van der Waals surface area contributed by atoms with Crippen LogP contribution in [0.4, 0.5) is 17.3 Å². The van der Waals surface area contributed by atoms with E-state index in [-0.39, 0.29) is 5.56 Å². The van der Waals surface area contributed by atoms with Gasteiger partial charge in [0, 0.05) is 35.6 Å². The van der Waals surface area contributed by atoms with E-state index in [0.717, 1.165) is 22.7 Å². The van der Waals surface area contributed by atoms with Crippen LogP contribution in [0, 0.1) is 6.92 Å². The highest BCUT2D eigenvalue weighted by atomic mass is 35.5. The van der Waals surface area contributed by atoms with Gasteiger partial charge in [-0.05, 0) is 67.1 Å². The highest BCUT2D eigenvalue weighted by Crippen LogP contribution is 2.36. The molecule has 0 saturated heterocycles. The summed E-state index contributed by atoms with van der Waals surface area (Å²) in [4.78, 5) is 24.8. The van der Waals surface area contributed by atoms with Crippen LogP contribution < -0.4 is 15.2 Å². The molecule has 2 heterocycles. The molecule has 36 heavy (non-hydrogen) atoms. The lowest BCUT2D eigenvalue weighted by atomic mass is 10.1. The first kappa shape index (κ1) is 23.9. The van der Waals surface area contributed by atoms with Gasteiger partial charge in [0.05, 0.1) is 22.7 Å². The first-order valence-corrected chi connectivity index (χ1v) is 11.9. The monoisotopic (exact) mass is 516 g/mol. The maximum absolute atomic E-state index is 13.4. The fourth-order valence-corrected chi connectivity index (χ4v) is 4.76. The van der Waals surface area contributed by atoms with Crippen molar-refractivity contribution in [2.45, 2.75) is 6.92 Å². The average Bonchev–Trinajstić information content (AvgIpc) is 2.88. The molecule has 0 aliphatic carbocycles. The summed E-state index contributed by atoms with van der Waals surface area (Å²) in [6.45, 7) is 2.03. The normalized spacial score (nSPS) is 11.0. The molecular weight excluding hydrogens is 495 g/mol. The molecule has 5 aromatic rings. The number of aryl methyl sites for hydroxylation is 2. The van der Waals surface area contributed by atoms with Gasteiger partial charge in [-0.1, -0.05) is 41.4 Å². The Bertz CT molecular complexity index is 1630. The van der Waals surface area contributed by atoms with Crippen molar-refractivity contribution >= 4 is 51.6 Å². The summed E-state index contributed by atoms with van der Waals surface area (Å²) in [7, 11) is 3.31. The van der Waals surface area contributed by atoms with Crippen molar-refractivity contribution in [3.05, 3.63) is 105 Å². The van der Waals surface area contributed by atoms with Crippen LogP contribution in [0.5, 0.6) is 5.75 Å². The molecule has 0 atom stereocenters. The van der Waals surface area contributed by atoms with Gasteiger partial charge in [0.25, 0.3) is 5.56 Å². The smallest absolute Gasteiger partial charge is 0.259 e. The number of hydrogen-bond donors (Lipinski definition) is 0. The standard InChI is InChI=1S/C28H22Cl2N4O2/c1-17-6-4-7-20(14-17)34(19-10-12-21(36-3)13-11-19)28-31-16-18-15-22(27(35)33(2)26(18)32-28)25-23(29)8-5-9-24(25)30/h4-16H,1-3H3. The second kappa shape index (κ2) is 9.64. The lowest BCUT2D eigenvalue weighted by molar-refractivity contribution is 0.415. The molecular formula is C28H22Cl2N4O2. The summed E-state index contributed by atoms with van der Waals surface area (Å²) >= 11 is 12.8. The van der Waals surface area contributed by atoms with Crippen LogP contribution in [0.2, 0.25) is 10.0 Å². The quantitative estimate of drug-likeness (QED) is 0.249.